The van der Waals surface area contributed by atoms with Gasteiger partial charge in [0.25, 0.3) is 0 Å². The number of aromatic nitrogens is 2. The van der Waals surface area contributed by atoms with E-state index in [0.29, 0.717) is 5.69 Å². The number of hydrogen-bond acceptors (Lipinski definition) is 3. The predicted octanol–water partition coefficient (Wildman–Crippen LogP) is 6.51. The molecule has 0 radical (unpaired) electrons. The summed E-state index contributed by atoms with van der Waals surface area (Å²) >= 11 is 7.41. The third kappa shape index (κ3) is 4.09. The maximum atomic E-state index is 13.5. The van der Waals surface area contributed by atoms with Crippen LogP contribution in [0.4, 0.5) is 10.1 Å². The van der Waals surface area contributed by atoms with Crippen LogP contribution in [0.3, 0.4) is 0 Å². The van der Waals surface area contributed by atoms with Crippen molar-refractivity contribution in [2.75, 3.05) is 0 Å². The highest BCUT2D eigenvalue weighted by Crippen LogP contribution is 2.25. The van der Waals surface area contributed by atoms with Crippen LogP contribution < -0.4 is 4.80 Å². The molecule has 7 heteroatoms. The van der Waals surface area contributed by atoms with Crippen molar-refractivity contribution >= 4 is 45.6 Å². The summed E-state index contributed by atoms with van der Waals surface area (Å²) in [5.74, 6) is 0.352. The molecule has 2 aromatic carbocycles. The fourth-order valence-electron chi connectivity index (χ4n) is 2.78. The highest BCUT2D eigenvalue weighted by atomic mass is 79.9. The average molecular weight is 477 g/mol. The number of rotatable bonds is 3. The summed E-state index contributed by atoms with van der Waals surface area (Å²) in [5, 5.41) is 2.10. The van der Waals surface area contributed by atoms with Gasteiger partial charge in [-0.05, 0) is 42.3 Å². The molecule has 0 atom stereocenters. The molecule has 28 heavy (non-hydrogen) atoms. The van der Waals surface area contributed by atoms with E-state index in [9.17, 15) is 4.39 Å². The third-order valence-corrected chi connectivity index (χ3v) is 5.21. The van der Waals surface area contributed by atoms with Crippen molar-refractivity contribution in [3.8, 4) is 17.1 Å². The van der Waals surface area contributed by atoms with E-state index in [4.69, 9.17) is 16.6 Å². The van der Waals surface area contributed by atoms with Crippen LogP contribution in [0.25, 0.3) is 17.1 Å². The zero-order chi connectivity index (χ0) is 18.8. The Hall–Kier alpha value is -2.28. The molecule has 2 heterocycles. The summed E-state index contributed by atoms with van der Waals surface area (Å²) in [6.45, 7) is 2.01. The van der Waals surface area contributed by atoms with Crippen LogP contribution in [-0.4, -0.2) is 9.55 Å². The van der Waals surface area contributed by atoms with Gasteiger partial charge in [0.2, 0.25) is 0 Å². The molecule has 3 nitrogen and oxygen atoms in total. The molecule has 0 unspecified atom stereocenters. The smallest absolute Gasteiger partial charge is 0.196 e. The molecule has 0 N–H and O–H groups in total. The van der Waals surface area contributed by atoms with Crippen LogP contribution in [0.1, 0.15) is 5.56 Å². The van der Waals surface area contributed by atoms with Crippen LogP contribution >= 0.6 is 39.9 Å². The van der Waals surface area contributed by atoms with Gasteiger partial charge in [-0.2, -0.15) is 0 Å². The van der Waals surface area contributed by atoms with E-state index in [-0.39, 0.29) is 22.0 Å². The first-order chi connectivity index (χ1) is 13.1. The van der Waals surface area contributed by atoms with Crippen LogP contribution in [0.15, 0.2) is 77.2 Å². The number of hydrogen-bond donors (Lipinski definition) is 0. The Morgan fingerprint density at radius 2 is 1.86 bits per heavy atom. The maximum absolute atomic E-state index is 13.5. The van der Waals surface area contributed by atoms with E-state index in [2.05, 4.69) is 17.1 Å². The Morgan fingerprint density at radius 1 is 1.07 bits per heavy atom. The summed E-state index contributed by atoms with van der Waals surface area (Å²) in [5.41, 5.74) is 3.68. The molecule has 0 amide bonds. The number of halogens is 3. The molecule has 0 fully saturated rings. The van der Waals surface area contributed by atoms with Gasteiger partial charge < -0.3 is 0 Å². The fraction of sp³-hybridized carbons (Fsp3) is 0.0476. The summed E-state index contributed by atoms with van der Waals surface area (Å²) in [7, 11) is 0. The maximum Gasteiger partial charge on any atom is 0.196 e. The first-order valence-corrected chi connectivity index (χ1v) is 9.57. The lowest BCUT2D eigenvalue weighted by Gasteiger charge is -2.10. The number of nitrogens with zero attached hydrogens (tertiary/aromatic N) is 3. The van der Waals surface area contributed by atoms with Crippen molar-refractivity contribution in [1.29, 1.82) is 0 Å². The van der Waals surface area contributed by atoms with E-state index >= 15 is 0 Å². The van der Waals surface area contributed by atoms with Gasteiger partial charge >= 0.3 is 0 Å². The van der Waals surface area contributed by atoms with Gasteiger partial charge in [0, 0.05) is 11.6 Å². The second kappa shape index (κ2) is 8.82. The van der Waals surface area contributed by atoms with Crippen molar-refractivity contribution in [3.63, 3.8) is 0 Å². The molecule has 0 aliphatic heterocycles. The van der Waals surface area contributed by atoms with Crippen molar-refractivity contribution in [1.82, 2.24) is 9.55 Å². The van der Waals surface area contributed by atoms with Gasteiger partial charge in [-0.25, -0.2) is 14.4 Å². The average Bonchev–Trinajstić information content (AvgIpc) is 3.09. The van der Waals surface area contributed by atoms with E-state index in [1.807, 2.05) is 47.2 Å². The number of aryl methyl sites for hydroxylation is 1. The SMILES string of the molecule is Br.Cc1cccnc1-n1c(-c2ccccc2)csc1=Nc1ccc(F)c(Cl)c1. The number of pyridine rings is 1. The number of benzene rings is 2. The van der Waals surface area contributed by atoms with E-state index in [0.717, 1.165) is 27.4 Å². The van der Waals surface area contributed by atoms with Crippen molar-refractivity contribution in [2.24, 2.45) is 4.99 Å². The number of thiazole rings is 1. The van der Waals surface area contributed by atoms with Crippen molar-refractivity contribution in [3.05, 3.63) is 93.4 Å². The molecule has 0 aliphatic carbocycles. The molecule has 2 aromatic heterocycles. The molecular weight excluding hydrogens is 461 g/mol. The quantitative estimate of drug-likeness (QED) is 0.331. The first-order valence-electron chi connectivity index (χ1n) is 8.31. The molecule has 4 rings (SSSR count). The molecule has 0 spiro atoms. The lowest BCUT2D eigenvalue weighted by molar-refractivity contribution is 0.628. The topological polar surface area (TPSA) is 30.2 Å². The highest BCUT2D eigenvalue weighted by Gasteiger charge is 2.13. The van der Waals surface area contributed by atoms with E-state index in [1.165, 1.54) is 23.5 Å². The molecule has 0 aliphatic rings. The van der Waals surface area contributed by atoms with Crippen LogP contribution in [-0.2, 0) is 0 Å². The Balaban J connectivity index is 0.00000225. The summed E-state index contributed by atoms with van der Waals surface area (Å²) < 4.78 is 15.5. The molecule has 0 saturated carbocycles. The van der Waals surface area contributed by atoms with Gasteiger partial charge in [-0.3, -0.25) is 4.57 Å². The Kier molecular flexibility index (Phi) is 6.44. The van der Waals surface area contributed by atoms with Crippen LogP contribution in [0.2, 0.25) is 5.02 Å². The molecule has 0 bridgehead atoms. The van der Waals surface area contributed by atoms with Gasteiger partial charge in [-0.15, -0.1) is 28.3 Å². The van der Waals surface area contributed by atoms with E-state index in [1.54, 1.807) is 12.3 Å². The standard InChI is InChI=1S/C21H15ClFN3S.BrH/c1-14-6-5-11-24-20(14)26-19(15-7-3-2-4-8-15)13-27-21(26)25-16-9-10-18(23)17(22)12-16;/h2-13H,1H3;1H. The lowest BCUT2D eigenvalue weighted by atomic mass is 10.1. The molecule has 142 valence electrons. The van der Waals surface area contributed by atoms with Gasteiger partial charge in [-0.1, -0.05) is 48.0 Å². The zero-order valence-electron chi connectivity index (χ0n) is 14.8. The normalized spacial score (nSPS) is 11.3. The predicted molar refractivity (Wildman–Crippen MR) is 119 cm³/mol. The minimum Gasteiger partial charge on any atom is -0.269 e. The van der Waals surface area contributed by atoms with Gasteiger partial charge in [0.1, 0.15) is 11.6 Å². The van der Waals surface area contributed by atoms with E-state index < -0.39 is 5.82 Å². The first kappa shape index (κ1) is 20.5. The van der Waals surface area contributed by atoms with Gasteiger partial charge in [0.15, 0.2) is 4.80 Å². The van der Waals surface area contributed by atoms with Crippen molar-refractivity contribution < 1.29 is 4.39 Å². The molecule has 0 saturated heterocycles. The molecule has 4 aromatic rings. The summed E-state index contributed by atoms with van der Waals surface area (Å²) in [6.07, 6.45) is 1.76. The minimum absolute atomic E-state index is 0. The third-order valence-electron chi connectivity index (χ3n) is 4.10. The minimum atomic E-state index is -0.458. The summed E-state index contributed by atoms with van der Waals surface area (Å²) in [4.78, 5) is 10.00. The monoisotopic (exact) mass is 475 g/mol. The van der Waals surface area contributed by atoms with Crippen LogP contribution in [0.5, 0.6) is 0 Å². The zero-order valence-corrected chi connectivity index (χ0v) is 18.1. The summed E-state index contributed by atoms with van der Waals surface area (Å²) in [6, 6.07) is 18.5. The largest absolute Gasteiger partial charge is 0.269 e. The fourth-order valence-corrected chi connectivity index (χ4v) is 3.86. The van der Waals surface area contributed by atoms with Crippen molar-refractivity contribution in [2.45, 2.75) is 6.92 Å². The Morgan fingerprint density at radius 3 is 2.57 bits per heavy atom. The lowest BCUT2D eigenvalue weighted by Crippen LogP contribution is -2.16. The Bertz CT molecular complexity index is 1170. The second-order valence-electron chi connectivity index (χ2n) is 5.96. The van der Waals surface area contributed by atoms with Crippen LogP contribution in [0, 0.1) is 12.7 Å². The van der Waals surface area contributed by atoms with Gasteiger partial charge in [0.05, 0.1) is 16.4 Å². The Labute approximate surface area is 181 Å². The highest BCUT2D eigenvalue weighted by molar-refractivity contribution is 8.93. The molecular formula is C21H16BrClFN3S. The second-order valence-corrected chi connectivity index (χ2v) is 7.20.